The molecule has 2 aromatic carbocycles. The normalized spacial score (nSPS) is 11.2. The second-order valence-corrected chi connectivity index (χ2v) is 7.42. The molecule has 2 aromatic rings. The molecule has 22 heavy (non-hydrogen) atoms. The molecule has 6 nitrogen and oxygen atoms in total. The highest BCUT2D eigenvalue weighted by Crippen LogP contribution is 2.30. The lowest BCUT2D eigenvalue weighted by Gasteiger charge is -2.20. The third kappa shape index (κ3) is 2.97. The number of hydrogen-bond donors (Lipinski definition) is 0. The Labute approximate surface area is 136 Å². The molecule has 0 radical (unpaired) electrons. The van der Waals surface area contributed by atoms with Crippen LogP contribution in [0.25, 0.3) is 0 Å². The Kier molecular flexibility index (Phi) is 4.52. The van der Waals surface area contributed by atoms with Crippen molar-refractivity contribution in [3.63, 3.8) is 0 Å². The first-order valence-corrected chi connectivity index (χ1v) is 8.47. The molecule has 0 N–H and O–H groups in total. The van der Waals surface area contributed by atoms with Crippen molar-refractivity contribution in [2.24, 2.45) is 0 Å². The van der Waals surface area contributed by atoms with E-state index in [0.29, 0.717) is 5.69 Å². The van der Waals surface area contributed by atoms with Gasteiger partial charge in [-0.1, -0.05) is 28.1 Å². The molecule has 0 saturated carbocycles. The van der Waals surface area contributed by atoms with Crippen LogP contribution in [0, 0.1) is 17.0 Å². The van der Waals surface area contributed by atoms with Gasteiger partial charge in [0.2, 0.25) is 0 Å². The highest BCUT2D eigenvalue weighted by molar-refractivity contribution is 9.10. The van der Waals surface area contributed by atoms with Gasteiger partial charge in [0, 0.05) is 17.6 Å². The van der Waals surface area contributed by atoms with Crippen LogP contribution >= 0.6 is 15.9 Å². The van der Waals surface area contributed by atoms with Gasteiger partial charge in [-0.3, -0.25) is 14.4 Å². The fourth-order valence-electron chi connectivity index (χ4n) is 1.94. The molecular weight excluding hydrogens is 372 g/mol. The molecule has 0 fully saturated rings. The number of nitrogens with zero attached hydrogens (tertiary/aromatic N) is 2. The van der Waals surface area contributed by atoms with E-state index in [1.807, 2.05) is 6.92 Å². The largest absolute Gasteiger partial charge is 0.289 e. The number of hydrogen-bond acceptors (Lipinski definition) is 4. The van der Waals surface area contributed by atoms with Crippen molar-refractivity contribution in [2.45, 2.75) is 11.8 Å². The Bertz CT molecular complexity index is 836. The summed E-state index contributed by atoms with van der Waals surface area (Å²) in [5.41, 5.74) is 0.851. The van der Waals surface area contributed by atoms with Gasteiger partial charge in [-0.05, 0) is 36.8 Å². The quantitative estimate of drug-likeness (QED) is 0.596. The van der Waals surface area contributed by atoms with Gasteiger partial charge in [0.15, 0.2) is 4.90 Å². The van der Waals surface area contributed by atoms with E-state index in [0.717, 1.165) is 14.3 Å². The predicted molar refractivity (Wildman–Crippen MR) is 87.6 cm³/mol. The molecular formula is C14H13BrN2O4S. The third-order valence-corrected chi connectivity index (χ3v) is 5.93. The highest BCUT2D eigenvalue weighted by atomic mass is 79.9. The number of aryl methyl sites for hydroxylation is 1. The van der Waals surface area contributed by atoms with Crippen molar-refractivity contribution in [3.05, 3.63) is 62.6 Å². The maximum Gasteiger partial charge on any atom is 0.289 e. The maximum atomic E-state index is 12.7. The van der Waals surface area contributed by atoms with Crippen molar-refractivity contribution >= 4 is 37.3 Å². The number of sulfonamides is 1. The average Bonchev–Trinajstić information content (AvgIpc) is 2.49. The Hall–Kier alpha value is -1.93. The summed E-state index contributed by atoms with van der Waals surface area (Å²) >= 11 is 3.35. The molecule has 0 aromatic heterocycles. The summed E-state index contributed by atoms with van der Waals surface area (Å²) in [6, 6.07) is 10.3. The molecule has 0 aliphatic rings. The van der Waals surface area contributed by atoms with Crippen LogP contribution in [0.1, 0.15) is 5.56 Å². The first-order valence-electron chi connectivity index (χ1n) is 6.23. The van der Waals surface area contributed by atoms with E-state index in [2.05, 4.69) is 15.9 Å². The minimum Gasteiger partial charge on any atom is -0.269 e. The maximum absolute atomic E-state index is 12.7. The van der Waals surface area contributed by atoms with Crippen LogP contribution in [0.15, 0.2) is 51.8 Å². The summed E-state index contributed by atoms with van der Waals surface area (Å²) in [7, 11) is -2.65. The molecule has 0 unspecified atom stereocenters. The Morgan fingerprint density at radius 2 is 1.82 bits per heavy atom. The van der Waals surface area contributed by atoms with Crippen LogP contribution < -0.4 is 4.31 Å². The summed E-state index contributed by atoms with van der Waals surface area (Å²) in [4.78, 5) is 10.0. The zero-order chi connectivity index (χ0) is 16.5. The van der Waals surface area contributed by atoms with E-state index >= 15 is 0 Å². The number of rotatable bonds is 4. The lowest BCUT2D eigenvalue weighted by atomic mass is 10.2. The van der Waals surface area contributed by atoms with Crippen molar-refractivity contribution in [1.82, 2.24) is 0 Å². The molecule has 8 heteroatoms. The number of benzene rings is 2. The molecule has 2 rings (SSSR count). The molecule has 0 bridgehead atoms. The first-order chi connectivity index (χ1) is 10.2. The summed E-state index contributed by atoms with van der Waals surface area (Å²) in [5.74, 6) is 0. The Morgan fingerprint density at radius 3 is 2.41 bits per heavy atom. The number of para-hydroxylation sites is 1. The van der Waals surface area contributed by atoms with Gasteiger partial charge in [0.1, 0.15) is 0 Å². The van der Waals surface area contributed by atoms with Crippen LogP contribution in [0.5, 0.6) is 0 Å². The van der Waals surface area contributed by atoms with E-state index < -0.39 is 20.6 Å². The van der Waals surface area contributed by atoms with Crippen LogP contribution in [0.4, 0.5) is 11.4 Å². The number of anilines is 1. The standard InChI is InChI=1S/C14H13BrN2O4S/c1-10-9-11(7-8-12(10)15)16(2)22(20,21)14-6-4-3-5-13(14)17(18)19/h3-9H,1-2H3. The minimum atomic E-state index is -4.02. The second-order valence-electron chi connectivity index (χ2n) is 4.63. The van der Waals surface area contributed by atoms with Crippen molar-refractivity contribution < 1.29 is 13.3 Å². The van der Waals surface area contributed by atoms with E-state index in [4.69, 9.17) is 0 Å². The second kappa shape index (κ2) is 6.05. The van der Waals surface area contributed by atoms with Gasteiger partial charge < -0.3 is 0 Å². The summed E-state index contributed by atoms with van der Waals surface area (Å²) in [6.45, 7) is 1.83. The molecule has 0 aliphatic heterocycles. The zero-order valence-electron chi connectivity index (χ0n) is 11.9. The number of nitro groups is 1. The number of nitro benzene ring substituents is 1. The van der Waals surface area contributed by atoms with Gasteiger partial charge >= 0.3 is 0 Å². The fraction of sp³-hybridized carbons (Fsp3) is 0.143. The lowest BCUT2D eigenvalue weighted by molar-refractivity contribution is -0.387. The van der Waals surface area contributed by atoms with E-state index in [-0.39, 0.29) is 4.90 Å². The van der Waals surface area contributed by atoms with Gasteiger partial charge in [0.25, 0.3) is 15.7 Å². The van der Waals surface area contributed by atoms with Crippen LogP contribution in [-0.4, -0.2) is 20.4 Å². The van der Waals surface area contributed by atoms with Gasteiger partial charge in [0.05, 0.1) is 10.6 Å². The SMILES string of the molecule is Cc1cc(N(C)S(=O)(=O)c2ccccc2[N+](=O)[O-])ccc1Br. The monoisotopic (exact) mass is 384 g/mol. The van der Waals surface area contributed by atoms with Gasteiger partial charge in [-0.15, -0.1) is 0 Å². The summed E-state index contributed by atoms with van der Waals surface area (Å²) < 4.78 is 27.2. The summed E-state index contributed by atoms with van der Waals surface area (Å²) in [5, 5.41) is 11.0. The van der Waals surface area contributed by atoms with Crippen molar-refractivity contribution in [1.29, 1.82) is 0 Å². The molecule has 116 valence electrons. The highest BCUT2D eigenvalue weighted by Gasteiger charge is 2.29. The molecule has 0 heterocycles. The summed E-state index contributed by atoms with van der Waals surface area (Å²) in [6.07, 6.45) is 0. The van der Waals surface area contributed by atoms with Crippen LogP contribution in [0.3, 0.4) is 0 Å². The fourth-order valence-corrected chi connectivity index (χ4v) is 3.53. The Morgan fingerprint density at radius 1 is 1.18 bits per heavy atom. The van der Waals surface area contributed by atoms with E-state index in [1.165, 1.54) is 31.3 Å². The molecule has 0 spiro atoms. The minimum absolute atomic E-state index is 0.330. The van der Waals surface area contributed by atoms with E-state index in [1.54, 1.807) is 18.2 Å². The Balaban J connectivity index is 2.55. The molecule has 0 saturated heterocycles. The van der Waals surface area contributed by atoms with Gasteiger partial charge in [-0.2, -0.15) is 0 Å². The van der Waals surface area contributed by atoms with E-state index in [9.17, 15) is 18.5 Å². The van der Waals surface area contributed by atoms with Crippen LogP contribution in [-0.2, 0) is 10.0 Å². The average molecular weight is 385 g/mol. The smallest absolute Gasteiger partial charge is 0.269 e. The zero-order valence-corrected chi connectivity index (χ0v) is 14.3. The third-order valence-electron chi connectivity index (χ3n) is 3.21. The predicted octanol–water partition coefficient (Wildman–Crippen LogP) is 3.49. The molecule has 0 atom stereocenters. The topological polar surface area (TPSA) is 80.5 Å². The van der Waals surface area contributed by atoms with Crippen LogP contribution in [0.2, 0.25) is 0 Å². The molecule has 0 aliphatic carbocycles. The lowest BCUT2D eigenvalue weighted by Crippen LogP contribution is -2.27. The van der Waals surface area contributed by atoms with Gasteiger partial charge in [-0.25, -0.2) is 8.42 Å². The molecule has 0 amide bonds. The van der Waals surface area contributed by atoms with Crippen molar-refractivity contribution in [3.8, 4) is 0 Å². The number of halogens is 1. The first kappa shape index (κ1) is 16.4. The van der Waals surface area contributed by atoms with Crippen molar-refractivity contribution in [2.75, 3.05) is 11.4 Å².